The van der Waals surface area contributed by atoms with Gasteiger partial charge in [-0.3, -0.25) is 0 Å². The number of nitrogens with one attached hydrogen (secondary N) is 1. The Kier molecular flexibility index (Phi) is 4.37. The summed E-state index contributed by atoms with van der Waals surface area (Å²) in [6, 6.07) is 0.624. The van der Waals surface area contributed by atoms with E-state index in [1.165, 1.54) is 44.9 Å². The zero-order chi connectivity index (χ0) is 15.1. The lowest BCUT2D eigenvalue weighted by atomic mass is 9.70. The molecule has 0 spiro atoms. The van der Waals surface area contributed by atoms with Crippen LogP contribution in [0.4, 0.5) is 0 Å². The summed E-state index contributed by atoms with van der Waals surface area (Å²) < 4.78 is 6.16. The second kappa shape index (κ2) is 5.82. The van der Waals surface area contributed by atoms with Crippen molar-refractivity contribution in [1.29, 1.82) is 0 Å². The van der Waals surface area contributed by atoms with E-state index in [0.717, 1.165) is 5.92 Å². The third kappa shape index (κ3) is 2.77. The number of hydrogen-bond donors (Lipinski definition) is 2. The molecule has 3 nitrogen and oxygen atoms in total. The Morgan fingerprint density at radius 3 is 2.48 bits per heavy atom. The average Bonchev–Trinajstić information content (AvgIpc) is 3.08. The monoisotopic (exact) mass is 295 g/mol. The van der Waals surface area contributed by atoms with Gasteiger partial charge in [0.05, 0.1) is 18.8 Å². The van der Waals surface area contributed by atoms with Crippen LogP contribution in [0, 0.1) is 16.7 Å². The summed E-state index contributed by atoms with van der Waals surface area (Å²) in [6.07, 6.45) is 9.01. The molecular formula is C18H33NO2. The average molecular weight is 295 g/mol. The largest absolute Gasteiger partial charge is 0.389 e. The fourth-order valence-electron chi connectivity index (χ4n) is 5.10. The van der Waals surface area contributed by atoms with E-state index in [9.17, 15) is 5.11 Å². The Bertz CT molecular complexity index is 364. The van der Waals surface area contributed by atoms with E-state index in [4.69, 9.17) is 4.74 Å². The van der Waals surface area contributed by atoms with Crippen molar-refractivity contribution in [2.45, 2.75) is 84.0 Å². The maximum atomic E-state index is 10.2. The summed E-state index contributed by atoms with van der Waals surface area (Å²) >= 11 is 0. The van der Waals surface area contributed by atoms with Crippen LogP contribution in [-0.2, 0) is 4.74 Å². The highest BCUT2D eigenvalue weighted by Crippen LogP contribution is 2.66. The van der Waals surface area contributed by atoms with Gasteiger partial charge in [0.2, 0.25) is 0 Å². The highest BCUT2D eigenvalue weighted by molar-refractivity contribution is 5.11. The number of hydrogen-bond acceptors (Lipinski definition) is 3. The van der Waals surface area contributed by atoms with E-state index in [0.29, 0.717) is 36.1 Å². The van der Waals surface area contributed by atoms with E-state index in [1.54, 1.807) is 0 Å². The fourth-order valence-corrected chi connectivity index (χ4v) is 5.10. The van der Waals surface area contributed by atoms with Gasteiger partial charge in [0.25, 0.3) is 0 Å². The minimum atomic E-state index is -0.364. The van der Waals surface area contributed by atoms with E-state index < -0.39 is 0 Å². The van der Waals surface area contributed by atoms with Gasteiger partial charge in [0.1, 0.15) is 0 Å². The van der Waals surface area contributed by atoms with Gasteiger partial charge in [-0.1, -0.05) is 33.6 Å². The molecule has 3 rings (SSSR count). The summed E-state index contributed by atoms with van der Waals surface area (Å²) in [6.45, 7) is 8.38. The molecule has 0 aromatic rings. The molecule has 21 heavy (non-hydrogen) atoms. The molecule has 0 amide bonds. The van der Waals surface area contributed by atoms with Crippen LogP contribution in [0.3, 0.4) is 0 Å². The predicted octanol–water partition coefficient (Wildman–Crippen LogP) is 3.11. The van der Waals surface area contributed by atoms with Crippen molar-refractivity contribution in [3.63, 3.8) is 0 Å². The number of aliphatic hydroxyl groups excluding tert-OH is 1. The first-order valence-electron chi connectivity index (χ1n) is 8.96. The lowest BCUT2D eigenvalue weighted by molar-refractivity contribution is -0.0744. The smallest absolute Gasteiger partial charge is 0.0897 e. The molecule has 2 bridgehead atoms. The molecule has 2 N–H and O–H groups in total. The SMILES string of the molecule is CC1(C)[C@@H]2CC[C@@]1(C)[C@H](OC[C@H](O)CNC1CCCC1)C2. The van der Waals surface area contributed by atoms with Crippen LogP contribution in [0.1, 0.15) is 65.7 Å². The van der Waals surface area contributed by atoms with Gasteiger partial charge < -0.3 is 15.2 Å². The molecule has 0 aliphatic heterocycles. The zero-order valence-electron chi connectivity index (χ0n) is 14.0. The molecule has 0 aromatic carbocycles. The number of aliphatic hydroxyl groups is 1. The molecule has 0 heterocycles. The summed E-state index contributed by atoms with van der Waals surface area (Å²) in [4.78, 5) is 0. The fraction of sp³-hybridized carbons (Fsp3) is 1.00. The molecule has 0 saturated heterocycles. The van der Waals surface area contributed by atoms with Crippen molar-refractivity contribution in [2.24, 2.45) is 16.7 Å². The molecule has 3 saturated carbocycles. The van der Waals surface area contributed by atoms with Gasteiger partial charge in [-0.15, -0.1) is 0 Å². The summed E-state index contributed by atoms with van der Waals surface area (Å²) in [5.41, 5.74) is 0.695. The molecule has 0 unspecified atom stereocenters. The maximum Gasteiger partial charge on any atom is 0.0897 e. The van der Waals surface area contributed by atoms with Crippen LogP contribution in [0.2, 0.25) is 0 Å². The molecule has 3 aliphatic carbocycles. The summed E-state index contributed by atoms with van der Waals surface area (Å²) in [7, 11) is 0. The third-order valence-electron chi connectivity index (χ3n) is 7.20. The summed E-state index contributed by atoms with van der Waals surface area (Å²) in [5, 5.41) is 13.7. The maximum absolute atomic E-state index is 10.2. The Labute approximate surface area is 129 Å². The minimum absolute atomic E-state index is 0.302. The van der Waals surface area contributed by atoms with E-state index in [-0.39, 0.29) is 6.10 Å². The Balaban J connectivity index is 1.43. The van der Waals surface area contributed by atoms with Gasteiger partial charge in [-0.2, -0.15) is 0 Å². The van der Waals surface area contributed by atoms with Gasteiger partial charge in [0.15, 0.2) is 0 Å². The molecule has 0 radical (unpaired) electrons. The number of ether oxygens (including phenoxy) is 1. The third-order valence-corrected chi connectivity index (χ3v) is 7.20. The second-order valence-electron chi connectivity index (χ2n) is 8.48. The first-order chi connectivity index (χ1) is 9.93. The van der Waals surface area contributed by atoms with Crippen LogP contribution >= 0.6 is 0 Å². The zero-order valence-corrected chi connectivity index (χ0v) is 14.0. The standard InChI is InChI=1S/C18H33NO2/c1-17(2)13-8-9-18(17,3)16(10-13)21-12-15(20)11-19-14-6-4-5-7-14/h13-16,19-20H,4-12H2,1-3H3/t13-,15-,16-,18+/m1/s1. The predicted molar refractivity (Wildman–Crippen MR) is 85.2 cm³/mol. The summed E-state index contributed by atoms with van der Waals surface area (Å²) in [5.74, 6) is 0.807. The Morgan fingerprint density at radius 2 is 1.90 bits per heavy atom. The normalized spacial score (nSPS) is 40.0. The first kappa shape index (κ1) is 15.8. The molecule has 122 valence electrons. The van der Waals surface area contributed by atoms with E-state index >= 15 is 0 Å². The van der Waals surface area contributed by atoms with E-state index in [2.05, 4.69) is 26.1 Å². The van der Waals surface area contributed by atoms with Crippen LogP contribution in [0.5, 0.6) is 0 Å². The molecule has 0 aromatic heterocycles. The highest BCUT2D eigenvalue weighted by Gasteiger charge is 2.61. The van der Waals surface area contributed by atoms with Crippen LogP contribution < -0.4 is 5.32 Å². The van der Waals surface area contributed by atoms with Crippen LogP contribution in [0.15, 0.2) is 0 Å². The van der Waals surface area contributed by atoms with Crippen molar-refractivity contribution in [1.82, 2.24) is 5.32 Å². The van der Waals surface area contributed by atoms with Gasteiger partial charge in [-0.05, 0) is 48.9 Å². The highest BCUT2D eigenvalue weighted by atomic mass is 16.5. The topological polar surface area (TPSA) is 41.5 Å². The van der Waals surface area contributed by atoms with Gasteiger partial charge >= 0.3 is 0 Å². The number of fused-ring (bicyclic) bond motifs is 2. The van der Waals surface area contributed by atoms with Crippen molar-refractivity contribution in [2.75, 3.05) is 13.2 Å². The molecule has 4 atom stereocenters. The minimum Gasteiger partial charge on any atom is -0.389 e. The van der Waals surface area contributed by atoms with Crippen molar-refractivity contribution >= 4 is 0 Å². The Morgan fingerprint density at radius 1 is 1.19 bits per heavy atom. The van der Waals surface area contributed by atoms with Crippen LogP contribution in [-0.4, -0.2) is 36.5 Å². The van der Waals surface area contributed by atoms with Crippen molar-refractivity contribution < 1.29 is 9.84 Å². The van der Waals surface area contributed by atoms with Crippen molar-refractivity contribution in [3.05, 3.63) is 0 Å². The molecule has 3 fully saturated rings. The molecular weight excluding hydrogens is 262 g/mol. The molecule has 3 heteroatoms. The quantitative estimate of drug-likeness (QED) is 0.791. The first-order valence-corrected chi connectivity index (χ1v) is 8.96. The lowest BCUT2D eigenvalue weighted by Gasteiger charge is -2.39. The second-order valence-corrected chi connectivity index (χ2v) is 8.48. The van der Waals surface area contributed by atoms with Gasteiger partial charge in [-0.25, -0.2) is 0 Å². The lowest BCUT2D eigenvalue weighted by Crippen LogP contribution is -2.41. The van der Waals surface area contributed by atoms with Crippen LogP contribution in [0.25, 0.3) is 0 Å². The van der Waals surface area contributed by atoms with E-state index in [1.807, 2.05) is 0 Å². The van der Waals surface area contributed by atoms with Crippen molar-refractivity contribution in [3.8, 4) is 0 Å². The number of rotatable bonds is 6. The Hall–Kier alpha value is -0.120. The van der Waals surface area contributed by atoms with Gasteiger partial charge in [0, 0.05) is 12.6 Å². The molecule has 3 aliphatic rings.